The molecule has 108 valence electrons. The molecule has 2 nitrogen and oxygen atoms in total. The van der Waals surface area contributed by atoms with E-state index in [0.29, 0.717) is 6.42 Å². The largest absolute Gasteiger partial charge is 0.316 e. The molecule has 1 aromatic heterocycles. The molecule has 0 aliphatic carbocycles. The number of nitrogens with zero attached hydrogens (tertiary/aromatic N) is 1. The summed E-state index contributed by atoms with van der Waals surface area (Å²) in [5.74, 6) is 0.114. The van der Waals surface area contributed by atoms with Crippen molar-refractivity contribution in [3.05, 3.63) is 16.1 Å². The third-order valence-electron chi connectivity index (χ3n) is 3.97. The molecule has 0 bridgehead atoms. The summed E-state index contributed by atoms with van der Waals surface area (Å²) in [5.41, 5.74) is -0.0288. The Morgan fingerprint density at radius 3 is 2.68 bits per heavy atom. The number of halogens is 1. The Labute approximate surface area is 119 Å². The first-order valence-corrected chi connectivity index (χ1v) is 8.01. The Balaban J connectivity index is 2.05. The number of rotatable bonds is 3. The van der Waals surface area contributed by atoms with Crippen molar-refractivity contribution in [1.82, 2.24) is 10.3 Å². The topological polar surface area (TPSA) is 24.9 Å². The Morgan fingerprint density at radius 2 is 2.16 bits per heavy atom. The minimum Gasteiger partial charge on any atom is -0.316 e. The summed E-state index contributed by atoms with van der Waals surface area (Å²) in [7, 11) is 0. The zero-order valence-electron chi connectivity index (χ0n) is 12.4. The minimum atomic E-state index is -1.15. The number of aromatic nitrogens is 1. The van der Waals surface area contributed by atoms with Gasteiger partial charge in [0.15, 0.2) is 0 Å². The van der Waals surface area contributed by atoms with E-state index in [1.165, 1.54) is 0 Å². The summed E-state index contributed by atoms with van der Waals surface area (Å²) in [5, 5.41) is 6.30. The van der Waals surface area contributed by atoms with Gasteiger partial charge in [-0.1, -0.05) is 20.8 Å². The van der Waals surface area contributed by atoms with Crippen LogP contribution in [0.2, 0.25) is 0 Å². The molecule has 2 rings (SSSR count). The summed E-state index contributed by atoms with van der Waals surface area (Å²) < 4.78 is 14.9. The second-order valence-corrected chi connectivity index (χ2v) is 7.82. The predicted molar refractivity (Wildman–Crippen MR) is 79.6 cm³/mol. The normalized spacial score (nSPS) is 24.2. The van der Waals surface area contributed by atoms with E-state index < -0.39 is 5.67 Å². The van der Waals surface area contributed by atoms with Crippen LogP contribution >= 0.6 is 11.3 Å². The van der Waals surface area contributed by atoms with Crippen LogP contribution in [-0.2, 0) is 11.8 Å². The van der Waals surface area contributed by atoms with Gasteiger partial charge in [-0.15, -0.1) is 11.3 Å². The molecule has 2 atom stereocenters. The van der Waals surface area contributed by atoms with E-state index in [0.717, 1.165) is 36.6 Å². The predicted octanol–water partition coefficient (Wildman–Crippen LogP) is 3.71. The number of thiazole rings is 1. The second kappa shape index (κ2) is 5.49. The lowest BCUT2D eigenvalue weighted by atomic mass is 9.83. The summed E-state index contributed by atoms with van der Waals surface area (Å²) in [6.07, 6.45) is 2.51. The third kappa shape index (κ3) is 3.76. The minimum absolute atomic E-state index is 0.0495. The lowest BCUT2D eigenvalue weighted by Crippen LogP contribution is -2.42. The van der Waals surface area contributed by atoms with E-state index in [9.17, 15) is 4.39 Å². The van der Waals surface area contributed by atoms with E-state index >= 15 is 0 Å². The maximum atomic E-state index is 14.9. The van der Waals surface area contributed by atoms with Gasteiger partial charge in [0.05, 0.1) is 10.7 Å². The molecule has 1 saturated heterocycles. The van der Waals surface area contributed by atoms with Crippen molar-refractivity contribution in [3.8, 4) is 0 Å². The number of alkyl halides is 1. The fourth-order valence-corrected chi connectivity index (χ4v) is 3.71. The monoisotopic (exact) mass is 284 g/mol. The van der Waals surface area contributed by atoms with Gasteiger partial charge in [-0.3, -0.25) is 0 Å². The van der Waals surface area contributed by atoms with Crippen LogP contribution in [0.3, 0.4) is 0 Å². The first kappa shape index (κ1) is 14.9. The van der Waals surface area contributed by atoms with Crippen LogP contribution in [0.5, 0.6) is 0 Å². The van der Waals surface area contributed by atoms with Gasteiger partial charge in [0.1, 0.15) is 5.67 Å². The van der Waals surface area contributed by atoms with Crippen molar-refractivity contribution in [2.75, 3.05) is 13.1 Å². The highest BCUT2D eigenvalue weighted by Gasteiger charge is 2.36. The van der Waals surface area contributed by atoms with E-state index in [1.807, 2.05) is 0 Å². The van der Waals surface area contributed by atoms with Crippen LogP contribution in [-0.4, -0.2) is 23.7 Å². The molecular weight excluding hydrogens is 259 g/mol. The first-order chi connectivity index (χ1) is 8.79. The van der Waals surface area contributed by atoms with E-state index in [4.69, 9.17) is 0 Å². The van der Waals surface area contributed by atoms with Gasteiger partial charge >= 0.3 is 0 Å². The first-order valence-electron chi connectivity index (χ1n) is 7.13. The molecule has 1 aliphatic rings. The van der Waals surface area contributed by atoms with Crippen molar-refractivity contribution in [2.45, 2.75) is 58.0 Å². The van der Waals surface area contributed by atoms with Gasteiger partial charge in [0, 0.05) is 29.7 Å². The zero-order valence-corrected chi connectivity index (χ0v) is 13.2. The maximum Gasteiger partial charge on any atom is 0.118 e. The molecule has 0 saturated carbocycles. The third-order valence-corrected chi connectivity index (χ3v) is 4.81. The van der Waals surface area contributed by atoms with Gasteiger partial charge in [-0.05, 0) is 26.3 Å². The van der Waals surface area contributed by atoms with Crippen LogP contribution in [0.4, 0.5) is 4.39 Å². The van der Waals surface area contributed by atoms with Gasteiger partial charge in [0.2, 0.25) is 0 Å². The highest BCUT2D eigenvalue weighted by molar-refractivity contribution is 7.09. The van der Waals surface area contributed by atoms with Gasteiger partial charge < -0.3 is 5.32 Å². The Hall–Kier alpha value is -0.480. The smallest absolute Gasteiger partial charge is 0.118 e. The molecule has 2 heterocycles. The van der Waals surface area contributed by atoms with Crippen LogP contribution in [0.1, 0.15) is 51.2 Å². The SMILES string of the molecule is CC(C)(C)c1csc(CC(C)(F)C2CCCNC2)n1. The lowest BCUT2D eigenvalue weighted by molar-refractivity contribution is 0.0832. The molecular formula is C15H25FN2S. The van der Waals surface area contributed by atoms with Crippen LogP contribution in [0, 0.1) is 5.92 Å². The van der Waals surface area contributed by atoms with Crippen LogP contribution in [0.15, 0.2) is 5.38 Å². The van der Waals surface area contributed by atoms with E-state index in [2.05, 4.69) is 36.5 Å². The van der Waals surface area contributed by atoms with E-state index in [-0.39, 0.29) is 11.3 Å². The summed E-state index contributed by atoms with van der Waals surface area (Å²) in [6.45, 7) is 9.99. The molecule has 19 heavy (non-hydrogen) atoms. The molecule has 0 spiro atoms. The van der Waals surface area contributed by atoms with Crippen molar-refractivity contribution in [2.24, 2.45) is 5.92 Å². The molecule has 0 aromatic carbocycles. The van der Waals surface area contributed by atoms with Crippen molar-refractivity contribution in [3.63, 3.8) is 0 Å². The summed E-state index contributed by atoms with van der Waals surface area (Å²) >= 11 is 1.60. The summed E-state index contributed by atoms with van der Waals surface area (Å²) in [6, 6.07) is 0. The highest BCUT2D eigenvalue weighted by Crippen LogP contribution is 2.33. The number of nitrogens with one attached hydrogen (secondary N) is 1. The Bertz CT molecular complexity index is 414. The molecule has 0 radical (unpaired) electrons. The van der Waals surface area contributed by atoms with Crippen molar-refractivity contribution < 1.29 is 4.39 Å². The molecule has 1 aliphatic heterocycles. The van der Waals surface area contributed by atoms with Crippen LogP contribution < -0.4 is 5.32 Å². The van der Waals surface area contributed by atoms with Crippen LogP contribution in [0.25, 0.3) is 0 Å². The summed E-state index contributed by atoms with van der Waals surface area (Å²) in [4.78, 5) is 4.62. The quantitative estimate of drug-likeness (QED) is 0.915. The van der Waals surface area contributed by atoms with E-state index in [1.54, 1.807) is 18.3 Å². The molecule has 4 heteroatoms. The molecule has 1 N–H and O–H groups in total. The Kier molecular flexibility index (Phi) is 4.31. The number of hydrogen-bond acceptors (Lipinski definition) is 3. The standard InChI is InChI=1S/C15H25FN2S/c1-14(2,3)12-10-19-13(18-12)8-15(4,16)11-6-5-7-17-9-11/h10-11,17H,5-9H2,1-4H3. The number of hydrogen-bond donors (Lipinski definition) is 1. The van der Waals surface area contributed by atoms with Gasteiger partial charge in [-0.25, -0.2) is 9.37 Å². The average Bonchev–Trinajstić information content (AvgIpc) is 2.78. The zero-order chi connectivity index (χ0) is 14.1. The Morgan fingerprint density at radius 1 is 1.42 bits per heavy atom. The van der Waals surface area contributed by atoms with Crippen molar-refractivity contribution >= 4 is 11.3 Å². The molecule has 2 unspecified atom stereocenters. The molecule has 0 amide bonds. The molecule has 1 aromatic rings. The van der Waals surface area contributed by atoms with Gasteiger partial charge in [-0.2, -0.15) is 0 Å². The molecule has 1 fully saturated rings. The fraction of sp³-hybridized carbons (Fsp3) is 0.800. The van der Waals surface area contributed by atoms with Crippen molar-refractivity contribution in [1.29, 1.82) is 0 Å². The lowest BCUT2D eigenvalue weighted by Gasteiger charge is -2.33. The fourth-order valence-electron chi connectivity index (χ4n) is 2.54. The number of piperidine rings is 1. The maximum absolute atomic E-state index is 14.9. The highest BCUT2D eigenvalue weighted by atomic mass is 32.1. The average molecular weight is 284 g/mol. The van der Waals surface area contributed by atoms with Gasteiger partial charge in [0.25, 0.3) is 0 Å². The second-order valence-electron chi connectivity index (χ2n) is 6.87.